The van der Waals surface area contributed by atoms with Gasteiger partial charge in [-0.2, -0.15) is 0 Å². The summed E-state index contributed by atoms with van der Waals surface area (Å²) in [7, 11) is -1.64. The molecule has 0 atom stereocenters. The van der Waals surface area contributed by atoms with E-state index in [0.717, 1.165) is 24.0 Å². The molecule has 1 amide bonds. The third-order valence-electron chi connectivity index (χ3n) is 5.46. The lowest BCUT2D eigenvalue weighted by Crippen LogP contribution is -2.40. The largest absolute Gasteiger partial charge is 0.496 e. The monoisotopic (exact) mass is 461 g/mol. The third kappa shape index (κ3) is 6.16. The molecule has 0 unspecified atom stereocenters. The van der Waals surface area contributed by atoms with Crippen LogP contribution in [0.15, 0.2) is 47.4 Å². The minimum absolute atomic E-state index is 0.112. The molecule has 8 heteroatoms. The van der Waals surface area contributed by atoms with E-state index in [1.807, 2.05) is 32.0 Å². The van der Waals surface area contributed by atoms with Crippen LogP contribution < -0.4 is 9.47 Å². The number of nitrogens with zero attached hydrogens (tertiary/aromatic N) is 1. The molecule has 0 radical (unpaired) electrons. The van der Waals surface area contributed by atoms with Gasteiger partial charge < -0.3 is 19.1 Å². The van der Waals surface area contributed by atoms with E-state index < -0.39 is 9.84 Å². The van der Waals surface area contributed by atoms with Gasteiger partial charge in [0.25, 0.3) is 0 Å². The van der Waals surface area contributed by atoms with Crippen LogP contribution in [0.1, 0.15) is 26.7 Å². The molecule has 2 aromatic rings. The highest BCUT2D eigenvalue weighted by Crippen LogP contribution is 2.34. The molecular formula is C24H31NO6S. The number of carbonyl (C=O) groups is 1. The van der Waals surface area contributed by atoms with Gasteiger partial charge in [-0.3, -0.25) is 0 Å². The van der Waals surface area contributed by atoms with Crippen LogP contribution in [0.3, 0.4) is 0 Å². The van der Waals surface area contributed by atoms with Gasteiger partial charge in [0.05, 0.1) is 24.7 Å². The summed E-state index contributed by atoms with van der Waals surface area (Å²) < 4.78 is 40.2. The Hall–Kier alpha value is -2.74. The Labute approximate surface area is 190 Å². The summed E-state index contributed by atoms with van der Waals surface area (Å²) >= 11 is 0. The molecule has 0 aliphatic carbocycles. The van der Waals surface area contributed by atoms with Gasteiger partial charge in [-0.25, -0.2) is 13.2 Å². The zero-order valence-corrected chi connectivity index (χ0v) is 19.9. The van der Waals surface area contributed by atoms with Crippen molar-refractivity contribution in [3.05, 3.63) is 42.5 Å². The van der Waals surface area contributed by atoms with Crippen molar-refractivity contribution < 1.29 is 27.4 Å². The van der Waals surface area contributed by atoms with E-state index in [1.165, 1.54) is 6.26 Å². The van der Waals surface area contributed by atoms with Gasteiger partial charge in [-0.1, -0.05) is 12.1 Å². The fraction of sp³-hybridized carbons (Fsp3) is 0.458. The summed E-state index contributed by atoms with van der Waals surface area (Å²) in [6.07, 6.45) is 2.57. The summed E-state index contributed by atoms with van der Waals surface area (Å²) in [6, 6.07) is 12.4. The molecule has 1 fully saturated rings. The van der Waals surface area contributed by atoms with Crippen LogP contribution in [0.4, 0.5) is 4.79 Å². The second-order valence-corrected chi connectivity index (χ2v) is 10.3. The van der Waals surface area contributed by atoms with Crippen molar-refractivity contribution in [3.8, 4) is 22.6 Å². The molecule has 0 N–H and O–H groups in total. The van der Waals surface area contributed by atoms with Crippen molar-refractivity contribution in [2.45, 2.75) is 37.7 Å². The lowest BCUT2D eigenvalue weighted by molar-refractivity contribution is 0.0608. The number of piperidine rings is 1. The van der Waals surface area contributed by atoms with Crippen molar-refractivity contribution >= 4 is 15.9 Å². The molecule has 0 bridgehead atoms. The fourth-order valence-electron chi connectivity index (χ4n) is 3.65. The number of likely N-dealkylation sites (tertiary alicyclic amines) is 1. The maximum atomic E-state index is 12.0. The SMILES string of the molecule is COc1cc(OCC2CCN(C(=O)OC(C)C)CC2)ccc1-c1ccc(S(C)(=O)=O)cc1. The summed E-state index contributed by atoms with van der Waals surface area (Å²) in [5.41, 5.74) is 1.72. The van der Waals surface area contributed by atoms with Crippen LogP contribution in [0.25, 0.3) is 11.1 Å². The standard InChI is InChI=1S/C24H31NO6S/c1-17(2)31-24(26)25-13-11-18(12-14-25)16-30-20-7-10-22(23(15-20)29-3)19-5-8-21(9-6-19)32(4,27)28/h5-10,15,17-18H,11-14,16H2,1-4H3. The number of benzene rings is 2. The summed E-state index contributed by atoms with van der Waals surface area (Å²) in [4.78, 5) is 14.0. The molecule has 1 saturated heterocycles. The topological polar surface area (TPSA) is 82.1 Å². The second kappa shape index (κ2) is 10.3. The Balaban J connectivity index is 1.59. The van der Waals surface area contributed by atoms with Crippen molar-refractivity contribution in [2.75, 3.05) is 33.1 Å². The molecule has 32 heavy (non-hydrogen) atoms. The number of ether oxygens (including phenoxy) is 3. The first kappa shape index (κ1) is 23.9. The minimum atomic E-state index is -3.24. The van der Waals surface area contributed by atoms with Crippen molar-refractivity contribution in [1.29, 1.82) is 0 Å². The zero-order valence-electron chi connectivity index (χ0n) is 19.0. The second-order valence-electron chi connectivity index (χ2n) is 8.33. The highest BCUT2D eigenvalue weighted by Gasteiger charge is 2.24. The number of sulfone groups is 1. The van der Waals surface area contributed by atoms with Crippen LogP contribution in [0, 0.1) is 5.92 Å². The van der Waals surface area contributed by atoms with Crippen molar-refractivity contribution in [1.82, 2.24) is 4.90 Å². The summed E-state index contributed by atoms with van der Waals surface area (Å²) in [5.74, 6) is 1.73. The quantitative estimate of drug-likeness (QED) is 0.608. The van der Waals surface area contributed by atoms with Crippen LogP contribution in [0.2, 0.25) is 0 Å². The predicted octanol–water partition coefficient (Wildman–Crippen LogP) is 4.40. The summed E-state index contributed by atoms with van der Waals surface area (Å²) in [6.45, 7) is 5.61. The Kier molecular flexibility index (Phi) is 7.66. The first-order valence-corrected chi connectivity index (χ1v) is 12.6. The van der Waals surface area contributed by atoms with Gasteiger partial charge in [0.1, 0.15) is 11.5 Å². The Morgan fingerprint density at radius 2 is 1.75 bits per heavy atom. The number of hydrogen-bond acceptors (Lipinski definition) is 6. The first-order chi connectivity index (χ1) is 15.2. The average Bonchev–Trinajstić information content (AvgIpc) is 2.77. The summed E-state index contributed by atoms with van der Waals surface area (Å²) in [5, 5.41) is 0. The van der Waals surface area contributed by atoms with Crippen molar-refractivity contribution in [2.24, 2.45) is 5.92 Å². The molecule has 1 aliphatic heterocycles. The Morgan fingerprint density at radius 3 is 2.31 bits per heavy atom. The van der Waals surface area contributed by atoms with E-state index in [1.54, 1.807) is 36.3 Å². The van der Waals surface area contributed by atoms with Gasteiger partial charge in [-0.05, 0) is 62.4 Å². The molecule has 0 spiro atoms. The van der Waals surface area contributed by atoms with E-state index in [2.05, 4.69) is 0 Å². The number of methoxy groups -OCH3 is 1. The molecule has 1 aliphatic rings. The van der Waals surface area contributed by atoms with Gasteiger partial charge in [0, 0.05) is 31.0 Å². The molecule has 0 saturated carbocycles. The van der Waals surface area contributed by atoms with Crippen LogP contribution >= 0.6 is 0 Å². The Morgan fingerprint density at radius 1 is 1.09 bits per heavy atom. The van der Waals surface area contributed by atoms with Gasteiger partial charge in [0.2, 0.25) is 0 Å². The van der Waals surface area contributed by atoms with Crippen LogP contribution in [0.5, 0.6) is 11.5 Å². The normalized spacial score (nSPS) is 15.0. The highest BCUT2D eigenvalue weighted by atomic mass is 32.2. The zero-order chi connectivity index (χ0) is 23.3. The molecule has 1 heterocycles. The predicted molar refractivity (Wildman–Crippen MR) is 123 cm³/mol. The van der Waals surface area contributed by atoms with Gasteiger partial charge in [-0.15, -0.1) is 0 Å². The highest BCUT2D eigenvalue weighted by molar-refractivity contribution is 7.90. The van der Waals surface area contributed by atoms with E-state index in [9.17, 15) is 13.2 Å². The minimum Gasteiger partial charge on any atom is -0.496 e. The molecule has 174 valence electrons. The first-order valence-electron chi connectivity index (χ1n) is 10.7. The maximum Gasteiger partial charge on any atom is 0.410 e. The van der Waals surface area contributed by atoms with E-state index in [4.69, 9.17) is 14.2 Å². The maximum absolute atomic E-state index is 12.0. The number of amides is 1. The molecule has 0 aromatic heterocycles. The molecule has 3 rings (SSSR count). The molecular weight excluding hydrogens is 430 g/mol. The molecule has 7 nitrogen and oxygen atoms in total. The number of rotatable bonds is 7. The van der Waals surface area contributed by atoms with E-state index >= 15 is 0 Å². The molecule has 2 aromatic carbocycles. The smallest absolute Gasteiger partial charge is 0.410 e. The average molecular weight is 462 g/mol. The van der Waals surface area contributed by atoms with Crippen LogP contribution in [-0.4, -0.2) is 58.6 Å². The number of hydrogen-bond donors (Lipinski definition) is 0. The van der Waals surface area contributed by atoms with Crippen LogP contribution in [-0.2, 0) is 14.6 Å². The Bertz CT molecular complexity index is 1020. The van der Waals surface area contributed by atoms with Crippen molar-refractivity contribution in [3.63, 3.8) is 0 Å². The lowest BCUT2D eigenvalue weighted by atomic mass is 9.98. The number of carbonyl (C=O) groups excluding carboxylic acids is 1. The van der Waals surface area contributed by atoms with Gasteiger partial charge in [0.15, 0.2) is 9.84 Å². The van der Waals surface area contributed by atoms with E-state index in [0.29, 0.717) is 37.1 Å². The third-order valence-corrected chi connectivity index (χ3v) is 6.59. The lowest BCUT2D eigenvalue weighted by Gasteiger charge is -2.31. The van der Waals surface area contributed by atoms with Gasteiger partial charge >= 0.3 is 6.09 Å². The van der Waals surface area contributed by atoms with E-state index in [-0.39, 0.29) is 17.1 Å². The fourth-order valence-corrected chi connectivity index (χ4v) is 4.28.